The Balaban J connectivity index is 1.72. The standard InChI is InChI=1S/C28H32N2O5S/c1-4-20(2)18-30(36(32,33)27-10-5-6-15-29-27)25-16-23-8-7-9-24(23)17-26(25)35-19-21-11-13-22(14-12-21)28(31)34-3/h5-6,10-17,20H,4,7-9,18-19H2,1-3H3. The summed E-state index contributed by atoms with van der Waals surface area (Å²) in [6.07, 6.45) is 5.22. The molecule has 0 saturated heterocycles. The van der Waals surface area contributed by atoms with Gasteiger partial charge < -0.3 is 9.47 Å². The number of aryl methyl sites for hydroxylation is 2. The second kappa shape index (κ2) is 11.1. The average Bonchev–Trinajstić information content (AvgIpc) is 3.37. The number of ether oxygens (including phenoxy) is 2. The van der Waals surface area contributed by atoms with Crippen molar-refractivity contribution in [2.75, 3.05) is 18.0 Å². The molecule has 0 aliphatic heterocycles. The summed E-state index contributed by atoms with van der Waals surface area (Å²) in [6.45, 7) is 4.64. The Bertz CT molecular complexity index is 1310. The first-order valence-corrected chi connectivity index (χ1v) is 13.7. The zero-order valence-electron chi connectivity index (χ0n) is 20.9. The van der Waals surface area contributed by atoms with Gasteiger partial charge >= 0.3 is 5.97 Å². The highest BCUT2D eigenvalue weighted by Crippen LogP contribution is 2.39. The quantitative estimate of drug-likeness (QED) is 0.351. The lowest BCUT2D eigenvalue weighted by Crippen LogP contribution is -2.35. The summed E-state index contributed by atoms with van der Waals surface area (Å²) in [5.41, 5.74) is 4.20. The van der Waals surface area contributed by atoms with E-state index < -0.39 is 16.0 Å². The number of esters is 1. The number of nitrogens with zero attached hydrogens (tertiary/aromatic N) is 2. The minimum Gasteiger partial charge on any atom is -0.487 e. The van der Waals surface area contributed by atoms with E-state index >= 15 is 0 Å². The second-order valence-corrected chi connectivity index (χ2v) is 10.9. The second-order valence-electron chi connectivity index (χ2n) is 9.14. The van der Waals surface area contributed by atoms with Gasteiger partial charge in [-0.2, -0.15) is 8.42 Å². The van der Waals surface area contributed by atoms with Crippen LogP contribution < -0.4 is 9.04 Å². The highest BCUT2D eigenvalue weighted by atomic mass is 32.2. The van der Waals surface area contributed by atoms with Crippen LogP contribution >= 0.6 is 0 Å². The van der Waals surface area contributed by atoms with Crippen LogP contribution in [0.5, 0.6) is 5.75 Å². The molecule has 1 unspecified atom stereocenters. The van der Waals surface area contributed by atoms with Gasteiger partial charge in [0.15, 0.2) is 5.03 Å². The molecule has 7 nitrogen and oxygen atoms in total. The van der Waals surface area contributed by atoms with E-state index in [4.69, 9.17) is 9.47 Å². The van der Waals surface area contributed by atoms with Crippen LogP contribution in [0, 0.1) is 5.92 Å². The molecule has 1 aliphatic carbocycles. The van der Waals surface area contributed by atoms with Crippen LogP contribution in [0.25, 0.3) is 0 Å². The van der Waals surface area contributed by atoms with Crippen LogP contribution in [0.15, 0.2) is 65.8 Å². The molecule has 1 atom stereocenters. The lowest BCUT2D eigenvalue weighted by atomic mass is 10.1. The lowest BCUT2D eigenvalue weighted by molar-refractivity contribution is 0.0600. The monoisotopic (exact) mass is 508 g/mol. The lowest BCUT2D eigenvalue weighted by Gasteiger charge is -2.29. The summed E-state index contributed by atoms with van der Waals surface area (Å²) in [5, 5.41) is 0.0122. The normalized spacial score (nSPS) is 13.6. The van der Waals surface area contributed by atoms with Crippen LogP contribution in [-0.4, -0.2) is 33.0 Å². The molecular formula is C28H32N2O5S. The number of pyridine rings is 1. The predicted octanol–water partition coefficient (Wildman–Crippen LogP) is 5.18. The number of methoxy groups -OCH3 is 1. The number of hydrogen-bond donors (Lipinski definition) is 0. The average molecular weight is 509 g/mol. The Labute approximate surface area is 213 Å². The zero-order valence-corrected chi connectivity index (χ0v) is 21.8. The van der Waals surface area contributed by atoms with Crippen molar-refractivity contribution in [1.29, 1.82) is 0 Å². The third kappa shape index (κ3) is 5.54. The number of carbonyl (C=O) groups excluding carboxylic acids is 1. The topological polar surface area (TPSA) is 85.8 Å². The molecule has 0 bridgehead atoms. The minimum absolute atomic E-state index is 0.0122. The molecule has 190 valence electrons. The van der Waals surface area contributed by atoms with Gasteiger partial charge in [0.25, 0.3) is 10.0 Å². The zero-order chi connectivity index (χ0) is 25.7. The molecule has 36 heavy (non-hydrogen) atoms. The van der Waals surface area contributed by atoms with Crippen molar-refractivity contribution in [3.05, 3.63) is 83.0 Å². The number of benzene rings is 2. The van der Waals surface area contributed by atoms with Gasteiger partial charge in [0, 0.05) is 12.7 Å². The van der Waals surface area contributed by atoms with E-state index in [1.54, 1.807) is 36.4 Å². The third-order valence-electron chi connectivity index (χ3n) is 6.58. The number of sulfonamides is 1. The summed E-state index contributed by atoms with van der Waals surface area (Å²) in [5.74, 6) is 0.259. The fraction of sp³-hybridized carbons (Fsp3) is 0.357. The summed E-state index contributed by atoms with van der Waals surface area (Å²) >= 11 is 0. The summed E-state index contributed by atoms with van der Waals surface area (Å²) in [6, 6.07) is 15.9. The van der Waals surface area contributed by atoms with Crippen LogP contribution in [0.3, 0.4) is 0 Å². The Hall–Kier alpha value is -3.39. The highest BCUT2D eigenvalue weighted by molar-refractivity contribution is 7.92. The van der Waals surface area contributed by atoms with Crippen molar-refractivity contribution in [1.82, 2.24) is 4.98 Å². The smallest absolute Gasteiger partial charge is 0.337 e. The Morgan fingerprint density at radius 1 is 1.08 bits per heavy atom. The molecule has 0 radical (unpaired) electrons. The van der Waals surface area contributed by atoms with Crippen LogP contribution in [0.1, 0.15) is 53.7 Å². The van der Waals surface area contributed by atoms with E-state index in [2.05, 4.69) is 4.98 Å². The van der Waals surface area contributed by atoms with Gasteiger partial charge in [-0.15, -0.1) is 0 Å². The highest BCUT2D eigenvalue weighted by Gasteiger charge is 2.31. The number of aromatic nitrogens is 1. The van der Waals surface area contributed by atoms with Gasteiger partial charge in [0.2, 0.25) is 0 Å². The largest absolute Gasteiger partial charge is 0.487 e. The van der Waals surface area contributed by atoms with Crippen molar-refractivity contribution in [2.24, 2.45) is 5.92 Å². The number of rotatable bonds is 10. The maximum Gasteiger partial charge on any atom is 0.337 e. The van der Waals surface area contributed by atoms with Crippen molar-refractivity contribution in [3.63, 3.8) is 0 Å². The molecule has 3 aromatic rings. The fourth-order valence-corrected chi connectivity index (χ4v) is 5.79. The molecular weight excluding hydrogens is 476 g/mol. The van der Waals surface area contributed by atoms with Gasteiger partial charge in [-0.3, -0.25) is 4.31 Å². The summed E-state index contributed by atoms with van der Waals surface area (Å²) < 4.78 is 40.1. The van der Waals surface area contributed by atoms with E-state index in [9.17, 15) is 13.2 Å². The van der Waals surface area contributed by atoms with E-state index in [1.165, 1.54) is 29.2 Å². The predicted molar refractivity (Wildman–Crippen MR) is 139 cm³/mol. The van der Waals surface area contributed by atoms with Gasteiger partial charge in [-0.25, -0.2) is 9.78 Å². The number of anilines is 1. The van der Waals surface area contributed by atoms with E-state index in [-0.39, 0.29) is 17.6 Å². The van der Waals surface area contributed by atoms with Crippen molar-refractivity contribution < 1.29 is 22.7 Å². The third-order valence-corrected chi connectivity index (χ3v) is 8.27. The fourth-order valence-electron chi connectivity index (χ4n) is 4.27. The number of carbonyl (C=O) groups is 1. The number of fused-ring (bicyclic) bond motifs is 1. The van der Waals surface area contributed by atoms with Crippen LogP contribution in [-0.2, 0) is 34.2 Å². The molecule has 1 aliphatic rings. The molecule has 1 aromatic heterocycles. The van der Waals surface area contributed by atoms with Crippen LogP contribution in [0.2, 0.25) is 0 Å². The van der Waals surface area contributed by atoms with Gasteiger partial charge in [-0.1, -0.05) is 38.5 Å². The Morgan fingerprint density at radius 2 is 1.81 bits per heavy atom. The molecule has 0 spiro atoms. The van der Waals surface area contributed by atoms with Gasteiger partial charge in [-0.05, 0) is 78.3 Å². The maximum absolute atomic E-state index is 13.8. The molecule has 0 fully saturated rings. The first kappa shape index (κ1) is 25.7. The Kier molecular flexibility index (Phi) is 7.94. The van der Waals surface area contributed by atoms with Gasteiger partial charge in [0.1, 0.15) is 12.4 Å². The summed E-state index contributed by atoms with van der Waals surface area (Å²) in [7, 11) is -2.56. The molecule has 0 amide bonds. The van der Waals surface area contributed by atoms with E-state index in [0.717, 1.165) is 36.8 Å². The Morgan fingerprint density at radius 3 is 2.44 bits per heavy atom. The maximum atomic E-state index is 13.8. The molecule has 2 aromatic carbocycles. The molecule has 1 heterocycles. The first-order valence-electron chi connectivity index (χ1n) is 12.2. The van der Waals surface area contributed by atoms with Crippen LogP contribution in [0.4, 0.5) is 5.69 Å². The van der Waals surface area contributed by atoms with E-state index in [0.29, 0.717) is 23.5 Å². The molecule has 8 heteroatoms. The molecule has 0 N–H and O–H groups in total. The summed E-state index contributed by atoms with van der Waals surface area (Å²) in [4.78, 5) is 15.9. The van der Waals surface area contributed by atoms with Crippen molar-refractivity contribution >= 4 is 21.7 Å². The minimum atomic E-state index is -3.91. The molecule has 0 saturated carbocycles. The SMILES string of the molecule is CCC(C)CN(c1cc2c(cc1OCc1ccc(C(=O)OC)cc1)CCC2)S(=O)(=O)c1ccccn1. The van der Waals surface area contributed by atoms with Gasteiger partial charge in [0.05, 0.1) is 18.4 Å². The van der Waals surface area contributed by atoms with E-state index in [1.807, 2.05) is 26.0 Å². The first-order chi connectivity index (χ1) is 17.3. The van der Waals surface area contributed by atoms with Crippen molar-refractivity contribution in [3.8, 4) is 5.75 Å². The molecule has 4 rings (SSSR count). The van der Waals surface area contributed by atoms with Crippen molar-refractivity contribution in [2.45, 2.75) is 51.2 Å². The number of hydrogen-bond acceptors (Lipinski definition) is 6.